The Bertz CT molecular complexity index is 1820. The van der Waals surface area contributed by atoms with E-state index >= 15 is 0 Å². The van der Waals surface area contributed by atoms with E-state index < -0.39 is 36.6 Å². The van der Waals surface area contributed by atoms with Gasteiger partial charge in [-0.15, -0.1) is 0 Å². The van der Waals surface area contributed by atoms with Crippen LogP contribution in [0.3, 0.4) is 0 Å². The van der Waals surface area contributed by atoms with E-state index in [4.69, 9.17) is 49.0 Å². The van der Waals surface area contributed by atoms with Crippen molar-refractivity contribution >= 4 is 81.3 Å². The first-order chi connectivity index (χ1) is 25.2. The molecule has 0 aromatic heterocycles. The lowest BCUT2D eigenvalue weighted by molar-refractivity contribution is -0.160. The molecule has 0 aliphatic carbocycles. The Morgan fingerprint density at radius 1 is 0.566 bits per heavy atom. The molecule has 0 unspecified atom stereocenters. The third kappa shape index (κ3) is 12.6. The Hall–Kier alpha value is -4.97. The smallest absolute Gasteiger partial charge is 0.322 e. The molecular weight excluding hydrogens is 743 g/mol. The van der Waals surface area contributed by atoms with Gasteiger partial charge in [0.15, 0.2) is 5.75 Å². The van der Waals surface area contributed by atoms with Gasteiger partial charge in [0, 0.05) is 40.9 Å². The van der Waals surface area contributed by atoms with Gasteiger partial charge in [0.2, 0.25) is 11.8 Å². The molecule has 280 valence electrons. The van der Waals surface area contributed by atoms with Crippen LogP contribution in [0.1, 0.15) is 54.5 Å². The summed E-state index contributed by atoms with van der Waals surface area (Å²) in [6, 6.07) is 17.8. The summed E-state index contributed by atoms with van der Waals surface area (Å²) in [5.74, 6) is -2.89. The average molecular weight is 784 g/mol. The van der Waals surface area contributed by atoms with Crippen molar-refractivity contribution in [1.29, 1.82) is 0 Å². The van der Waals surface area contributed by atoms with Gasteiger partial charge in [-0.1, -0.05) is 40.9 Å². The van der Waals surface area contributed by atoms with Crippen LogP contribution < -0.4 is 30.7 Å². The third-order valence-electron chi connectivity index (χ3n) is 7.49. The van der Waals surface area contributed by atoms with Gasteiger partial charge in [-0.3, -0.25) is 19.2 Å². The van der Waals surface area contributed by atoms with Crippen LogP contribution in [0.15, 0.2) is 60.7 Å². The number of hydrogen-bond donors (Lipinski definition) is 4. The molecule has 0 atom stereocenters. The summed E-state index contributed by atoms with van der Waals surface area (Å²) < 4.78 is 16.6. The molecule has 53 heavy (non-hydrogen) atoms. The van der Waals surface area contributed by atoms with Crippen molar-refractivity contribution in [2.45, 2.75) is 60.7 Å². The second-order valence-corrected chi connectivity index (χ2v) is 13.4. The van der Waals surface area contributed by atoms with Gasteiger partial charge in [-0.2, -0.15) is 0 Å². The predicted octanol–water partition coefficient (Wildman–Crippen LogP) is 9.02. The van der Waals surface area contributed by atoms with E-state index in [2.05, 4.69) is 21.3 Å². The van der Waals surface area contributed by atoms with Crippen molar-refractivity contribution in [2.24, 2.45) is 0 Å². The number of esters is 2. The molecule has 4 rings (SSSR count). The maximum absolute atomic E-state index is 12.6. The minimum Gasteiger partial charge on any atom is -0.488 e. The van der Waals surface area contributed by atoms with E-state index in [0.29, 0.717) is 16.5 Å². The lowest BCUT2D eigenvalue weighted by Crippen LogP contribution is -2.23. The maximum atomic E-state index is 12.6. The molecule has 0 spiro atoms. The second-order valence-electron chi connectivity index (χ2n) is 12.2. The number of hydrogen-bond acceptors (Lipinski definition) is 9. The first-order valence-electron chi connectivity index (χ1n) is 16.8. The van der Waals surface area contributed by atoms with Crippen LogP contribution in [0.25, 0.3) is 0 Å². The first-order valence-corrected chi connectivity index (χ1v) is 17.9. The quantitative estimate of drug-likeness (QED) is 0.0647. The molecule has 0 aliphatic heterocycles. The number of anilines is 4. The zero-order valence-corrected chi connectivity index (χ0v) is 32.3. The summed E-state index contributed by atoms with van der Waals surface area (Å²) in [4.78, 5) is 49.8. The molecule has 0 fully saturated rings. The molecule has 14 heteroatoms. The highest BCUT2D eigenvalue weighted by Gasteiger charge is 2.20. The number of halogens is 3. The van der Waals surface area contributed by atoms with Crippen molar-refractivity contribution < 1.29 is 33.4 Å². The van der Waals surface area contributed by atoms with Crippen LogP contribution in [0, 0.1) is 20.8 Å². The van der Waals surface area contributed by atoms with E-state index in [9.17, 15) is 19.2 Å². The summed E-state index contributed by atoms with van der Waals surface area (Å²) in [7, 11) is 0. The van der Waals surface area contributed by atoms with Crippen LogP contribution in [-0.4, -0.2) is 36.8 Å². The summed E-state index contributed by atoms with van der Waals surface area (Å²) in [6.07, 6.45) is -1.55. The number of carbonyl (C=O) groups excluding carboxylic acids is 4. The Morgan fingerprint density at radius 2 is 1.04 bits per heavy atom. The SMILES string of the molecule is CCNc1cc(Cl)cc(COc2c(C)cc(NC(=O)CC(=O)OC(=O)CC(=O)Nc3cc(Cl)c(OCc4cc(C)cc(NCC)c4)c(Cl)c3)cc2C)c1. The molecule has 0 saturated heterocycles. The third-order valence-corrected chi connectivity index (χ3v) is 8.27. The van der Waals surface area contributed by atoms with Gasteiger partial charge in [0.25, 0.3) is 0 Å². The van der Waals surface area contributed by atoms with E-state index in [1.54, 1.807) is 12.1 Å². The largest absolute Gasteiger partial charge is 0.488 e. The van der Waals surface area contributed by atoms with Crippen molar-refractivity contribution in [3.05, 3.63) is 104 Å². The van der Waals surface area contributed by atoms with Crippen molar-refractivity contribution in [3.63, 3.8) is 0 Å². The number of benzene rings is 4. The number of amides is 2. The first kappa shape index (κ1) is 40.8. The zero-order chi connectivity index (χ0) is 38.7. The topological polar surface area (TPSA) is 144 Å². The van der Waals surface area contributed by atoms with Crippen LogP contribution >= 0.6 is 34.8 Å². The van der Waals surface area contributed by atoms with E-state index in [0.717, 1.165) is 52.3 Å². The van der Waals surface area contributed by atoms with Crippen LogP contribution in [-0.2, 0) is 37.1 Å². The normalized spacial score (nSPS) is 10.6. The molecule has 0 radical (unpaired) electrons. The van der Waals surface area contributed by atoms with Crippen LogP contribution in [0.4, 0.5) is 22.7 Å². The van der Waals surface area contributed by atoms with Gasteiger partial charge in [0.1, 0.15) is 31.8 Å². The summed E-state index contributed by atoms with van der Waals surface area (Å²) >= 11 is 19.0. The summed E-state index contributed by atoms with van der Waals surface area (Å²) in [5.41, 5.74) is 6.85. The Balaban J connectivity index is 1.24. The molecule has 0 saturated carbocycles. The molecule has 0 heterocycles. The van der Waals surface area contributed by atoms with Crippen molar-refractivity contribution in [3.8, 4) is 11.5 Å². The molecule has 4 aromatic rings. The average Bonchev–Trinajstić information content (AvgIpc) is 3.03. The number of rotatable bonds is 16. The zero-order valence-electron chi connectivity index (χ0n) is 30.0. The lowest BCUT2D eigenvalue weighted by Gasteiger charge is -2.15. The van der Waals surface area contributed by atoms with E-state index in [1.165, 1.54) is 12.1 Å². The molecule has 4 aromatic carbocycles. The summed E-state index contributed by atoms with van der Waals surface area (Å²) in [5, 5.41) is 12.5. The molecule has 4 N–H and O–H groups in total. The number of carbonyl (C=O) groups is 4. The van der Waals surface area contributed by atoms with Gasteiger partial charge in [-0.25, -0.2) is 0 Å². The number of nitrogens with one attached hydrogen (secondary N) is 4. The van der Waals surface area contributed by atoms with Gasteiger partial charge in [0.05, 0.1) is 10.0 Å². The second kappa shape index (κ2) is 19.2. The van der Waals surface area contributed by atoms with E-state index in [-0.39, 0.29) is 34.7 Å². The highest BCUT2D eigenvalue weighted by atomic mass is 35.5. The maximum Gasteiger partial charge on any atom is 0.322 e. The van der Waals surface area contributed by atoms with Gasteiger partial charge in [-0.05, 0) is 117 Å². The highest BCUT2D eigenvalue weighted by molar-refractivity contribution is 6.37. The molecule has 11 nitrogen and oxygen atoms in total. The highest BCUT2D eigenvalue weighted by Crippen LogP contribution is 2.37. The minimum atomic E-state index is -1.14. The van der Waals surface area contributed by atoms with E-state index in [1.807, 2.05) is 71.0 Å². The number of ether oxygens (including phenoxy) is 3. The van der Waals surface area contributed by atoms with Crippen molar-refractivity contribution in [1.82, 2.24) is 0 Å². The fourth-order valence-corrected chi connectivity index (χ4v) is 6.35. The molecule has 0 bridgehead atoms. The minimum absolute atomic E-state index is 0.139. The molecular formula is C39H41Cl3N4O7. The molecule has 2 amide bonds. The Kier molecular flexibility index (Phi) is 14.8. The Labute approximate surface area is 323 Å². The van der Waals surface area contributed by atoms with Crippen LogP contribution in [0.2, 0.25) is 15.1 Å². The molecule has 0 aliphatic rings. The fraction of sp³-hybridized carbons (Fsp3) is 0.282. The lowest BCUT2D eigenvalue weighted by atomic mass is 10.1. The summed E-state index contributed by atoms with van der Waals surface area (Å²) in [6.45, 7) is 11.7. The van der Waals surface area contributed by atoms with Gasteiger partial charge >= 0.3 is 11.9 Å². The standard InChI is InChI=1S/C39H41Cl3N4O7/c1-6-43-28-9-22(3)8-25(13-28)20-52-39-32(41)16-31(17-33(39)42)46-35(48)19-37(50)53-36(49)18-34(47)45-30-10-23(4)38(24(5)11-30)51-21-26-12-27(40)15-29(14-26)44-7-2/h8-17,43-44H,6-7,18-21H2,1-5H3,(H,45,47)(H,46,48). The predicted molar refractivity (Wildman–Crippen MR) is 210 cm³/mol. The van der Waals surface area contributed by atoms with Crippen LogP contribution in [0.5, 0.6) is 11.5 Å². The Morgan fingerprint density at radius 3 is 1.57 bits per heavy atom. The van der Waals surface area contributed by atoms with Crippen molar-refractivity contribution in [2.75, 3.05) is 34.4 Å². The monoisotopic (exact) mass is 782 g/mol. The fourth-order valence-electron chi connectivity index (χ4n) is 5.49. The van der Waals surface area contributed by atoms with Gasteiger partial charge < -0.3 is 35.5 Å². The number of aryl methyl sites for hydroxylation is 3.